The number of nitrogens with one attached hydrogen (secondary N) is 1. The van der Waals surface area contributed by atoms with Crippen LogP contribution in [0.5, 0.6) is 0 Å². The molecule has 1 N–H and O–H groups in total. The average Bonchev–Trinajstić information content (AvgIpc) is 2.82. The molecule has 0 saturated heterocycles. The van der Waals surface area contributed by atoms with Gasteiger partial charge in [-0.3, -0.25) is 4.79 Å². The Kier molecular flexibility index (Phi) is 4.47. The van der Waals surface area contributed by atoms with Crippen LogP contribution in [0.4, 0.5) is 0 Å². The monoisotopic (exact) mass is 337 g/mol. The van der Waals surface area contributed by atoms with Gasteiger partial charge in [0, 0.05) is 22.9 Å². The quantitative estimate of drug-likeness (QED) is 0.489. The zero-order chi connectivity index (χ0) is 11.4. The van der Waals surface area contributed by atoms with Crippen LogP contribution in [0.25, 0.3) is 0 Å². The lowest BCUT2D eigenvalue weighted by molar-refractivity contribution is -0.157. The number of rotatable bonds is 3. The Balaban J connectivity index is 1.94. The van der Waals surface area contributed by atoms with Crippen molar-refractivity contribution in [3.05, 3.63) is 0 Å². The molecule has 0 aromatic heterocycles. The zero-order valence-electron chi connectivity index (χ0n) is 9.64. The minimum absolute atomic E-state index is 0.00602. The molecule has 0 radical (unpaired) electrons. The molecule has 0 unspecified atom stereocenters. The van der Waals surface area contributed by atoms with Crippen LogP contribution in [-0.4, -0.2) is 17.6 Å². The Hall–Kier alpha value is 0.160. The molecule has 0 aromatic rings. The molecule has 0 heterocycles. The number of hydrogen-bond donors (Lipinski definition) is 1. The fraction of sp³-hybridized carbons (Fsp3) is 0.917. The van der Waals surface area contributed by atoms with E-state index in [1.54, 1.807) is 0 Å². The first-order chi connectivity index (χ1) is 7.77. The Morgan fingerprint density at radius 1 is 1.12 bits per heavy atom. The minimum atomic E-state index is -0.387. The summed E-state index contributed by atoms with van der Waals surface area (Å²) in [5.74, 6) is -0.00602. The fourth-order valence-electron chi connectivity index (χ4n) is 2.76. The lowest BCUT2D eigenvalue weighted by atomic mass is 9.82. The highest BCUT2D eigenvalue weighted by atomic mass is 127. The molecule has 0 aliphatic heterocycles. The average molecular weight is 337 g/mol. The number of hydrogen-bond acceptors (Lipinski definition) is 3. The third-order valence-electron chi connectivity index (χ3n) is 3.85. The summed E-state index contributed by atoms with van der Waals surface area (Å²) < 4.78 is 8.83. The number of carbonyl (C=O) groups is 1. The fourth-order valence-corrected chi connectivity index (χ4v) is 3.52. The van der Waals surface area contributed by atoms with Gasteiger partial charge >= 0.3 is 5.97 Å². The van der Waals surface area contributed by atoms with Crippen molar-refractivity contribution in [2.24, 2.45) is 0 Å². The molecular weight excluding hydrogens is 317 g/mol. The van der Waals surface area contributed by atoms with E-state index in [9.17, 15) is 4.79 Å². The molecule has 2 rings (SSSR count). The summed E-state index contributed by atoms with van der Waals surface area (Å²) in [6, 6.07) is 0. The third kappa shape index (κ3) is 2.70. The molecule has 0 spiro atoms. The van der Waals surface area contributed by atoms with Gasteiger partial charge in [-0.25, -0.2) is 3.53 Å². The van der Waals surface area contributed by atoms with Gasteiger partial charge in [-0.2, -0.15) is 0 Å². The first-order valence-electron chi connectivity index (χ1n) is 6.36. The SMILES string of the molecule is O=C(OC1CCCC1)C1(NI)CCCCC1. The first kappa shape index (κ1) is 12.6. The number of ether oxygens (including phenoxy) is 1. The van der Waals surface area contributed by atoms with Gasteiger partial charge in [-0.05, 0) is 38.5 Å². The summed E-state index contributed by atoms with van der Waals surface area (Å²) in [4.78, 5) is 12.2. The van der Waals surface area contributed by atoms with Crippen LogP contribution >= 0.6 is 22.9 Å². The van der Waals surface area contributed by atoms with Crippen LogP contribution in [0.2, 0.25) is 0 Å². The summed E-state index contributed by atoms with van der Waals surface area (Å²) in [6.45, 7) is 0. The number of esters is 1. The predicted octanol–water partition coefficient (Wildman–Crippen LogP) is 3.11. The van der Waals surface area contributed by atoms with E-state index in [0.717, 1.165) is 38.5 Å². The van der Waals surface area contributed by atoms with E-state index in [-0.39, 0.29) is 17.6 Å². The van der Waals surface area contributed by atoms with Crippen molar-refractivity contribution in [1.29, 1.82) is 0 Å². The van der Waals surface area contributed by atoms with Gasteiger partial charge in [0.15, 0.2) is 0 Å². The van der Waals surface area contributed by atoms with Crippen molar-refractivity contribution in [3.8, 4) is 0 Å². The summed E-state index contributed by atoms with van der Waals surface area (Å²) in [6.07, 6.45) is 10.1. The topological polar surface area (TPSA) is 38.3 Å². The van der Waals surface area contributed by atoms with Crippen molar-refractivity contribution in [2.75, 3.05) is 0 Å². The van der Waals surface area contributed by atoms with Crippen molar-refractivity contribution in [2.45, 2.75) is 69.4 Å². The van der Waals surface area contributed by atoms with Gasteiger partial charge in [0.1, 0.15) is 11.6 Å². The molecular formula is C12H20INO2. The summed E-state index contributed by atoms with van der Waals surface area (Å²) >= 11 is 2.11. The van der Waals surface area contributed by atoms with E-state index in [2.05, 4.69) is 26.4 Å². The van der Waals surface area contributed by atoms with E-state index in [1.807, 2.05) is 0 Å². The van der Waals surface area contributed by atoms with Gasteiger partial charge in [-0.1, -0.05) is 19.3 Å². The maximum absolute atomic E-state index is 12.2. The molecule has 2 fully saturated rings. The van der Waals surface area contributed by atoms with Crippen molar-refractivity contribution >= 4 is 28.8 Å². The van der Waals surface area contributed by atoms with Crippen LogP contribution in [0.3, 0.4) is 0 Å². The second-order valence-corrected chi connectivity index (χ2v) is 5.59. The molecule has 0 amide bonds. The molecule has 2 saturated carbocycles. The Morgan fingerprint density at radius 2 is 1.75 bits per heavy atom. The van der Waals surface area contributed by atoms with Crippen LogP contribution in [0, 0.1) is 0 Å². The molecule has 2 aliphatic rings. The van der Waals surface area contributed by atoms with E-state index in [1.165, 1.54) is 19.3 Å². The second-order valence-electron chi connectivity index (χ2n) is 5.05. The molecule has 0 atom stereocenters. The molecule has 2 aliphatic carbocycles. The standard InChI is InChI=1S/C12H20INO2/c13-14-12(8-4-1-5-9-12)11(15)16-10-6-2-3-7-10/h10,14H,1-9H2. The smallest absolute Gasteiger partial charge is 0.327 e. The highest BCUT2D eigenvalue weighted by Gasteiger charge is 2.41. The van der Waals surface area contributed by atoms with Gasteiger partial charge < -0.3 is 4.74 Å². The van der Waals surface area contributed by atoms with Gasteiger partial charge in [0.2, 0.25) is 0 Å². The number of carbonyl (C=O) groups excluding carboxylic acids is 1. The summed E-state index contributed by atoms with van der Waals surface area (Å²) in [5, 5.41) is 0. The maximum Gasteiger partial charge on any atom is 0.327 e. The van der Waals surface area contributed by atoms with Crippen LogP contribution in [0.1, 0.15) is 57.8 Å². The normalized spacial score (nSPS) is 25.6. The molecule has 3 nitrogen and oxygen atoms in total. The molecule has 92 valence electrons. The highest BCUT2D eigenvalue weighted by molar-refractivity contribution is 14.1. The highest BCUT2D eigenvalue weighted by Crippen LogP contribution is 2.32. The largest absolute Gasteiger partial charge is 0.461 e. The third-order valence-corrected chi connectivity index (χ3v) is 4.89. The Bertz CT molecular complexity index is 245. The van der Waals surface area contributed by atoms with Crippen LogP contribution in [0.15, 0.2) is 0 Å². The van der Waals surface area contributed by atoms with Crippen LogP contribution < -0.4 is 3.53 Å². The Labute approximate surface area is 111 Å². The number of halogens is 1. The summed E-state index contributed by atoms with van der Waals surface area (Å²) in [7, 11) is 0. The molecule has 0 aromatic carbocycles. The maximum atomic E-state index is 12.2. The van der Waals surface area contributed by atoms with Gasteiger partial charge in [0.25, 0.3) is 0 Å². The minimum Gasteiger partial charge on any atom is -0.461 e. The molecule has 4 heteroatoms. The first-order valence-corrected chi connectivity index (χ1v) is 7.44. The van der Waals surface area contributed by atoms with E-state index >= 15 is 0 Å². The van der Waals surface area contributed by atoms with E-state index in [0.29, 0.717) is 0 Å². The molecule has 0 bridgehead atoms. The molecule has 16 heavy (non-hydrogen) atoms. The second kappa shape index (κ2) is 5.67. The van der Waals surface area contributed by atoms with Crippen LogP contribution in [-0.2, 0) is 9.53 Å². The van der Waals surface area contributed by atoms with E-state index < -0.39 is 0 Å². The van der Waals surface area contributed by atoms with E-state index in [4.69, 9.17) is 4.74 Å². The van der Waals surface area contributed by atoms with Gasteiger partial charge in [0.05, 0.1) is 0 Å². The lowest BCUT2D eigenvalue weighted by Gasteiger charge is -2.34. The van der Waals surface area contributed by atoms with Crippen molar-refractivity contribution in [3.63, 3.8) is 0 Å². The zero-order valence-corrected chi connectivity index (χ0v) is 11.8. The van der Waals surface area contributed by atoms with Crippen molar-refractivity contribution < 1.29 is 9.53 Å². The Morgan fingerprint density at radius 3 is 2.31 bits per heavy atom. The lowest BCUT2D eigenvalue weighted by Crippen LogP contribution is -2.50. The summed E-state index contributed by atoms with van der Waals surface area (Å²) in [5.41, 5.74) is -0.387. The van der Waals surface area contributed by atoms with Crippen molar-refractivity contribution in [1.82, 2.24) is 3.53 Å². The van der Waals surface area contributed by atoms with Gasteiger partial charge in [-0.15, -0.1) is 0 Å². The predicted molar refractivity (Wildman–Crippen MR) is 71.3 cm³/mol.